The molecule has 0 spiro atoms. The minimum Gasteiger partial charge on any atom is -0.494 e. The molecule has 200 valence electrons. The van der Waals surface area contributed by atoms with Gasteiger partial charge in [0.05, 0.1) is 22.8 Å². The van der Waals surface area contributed by atoms with Crippen LogP contribution < -0.4 is 19.7 Å². The maximum absolute atomic E-state index is 13.2. The van der Waals surface area contributed by atoms with Gasteiger partial charge in [-0.2, -0.15) is 13.2 Å². The molecule has 1 saturated heterocycles. The number of halogens is 3. The number of hydrogen-bond donors (Lipinski definition) is 1. The van der Waals surface area contributed by atoms with Crippen LogP contribution in [0.1, 0.15) is 18.1 Å². The van der Waals surface area contributed by atoms with E-state index in [2.05, 4.69) is 5.32 Å². The van der Waals surface area contributed by atoms with Gasteiger partial charge in [-0.05, 0) is 55.5 Å². The average Bonchev–Trinajstić information content (AvgIpc) is 2.88. The normalized spacial score (nSPS) is 14.8. The van der Waals surface area contributed by atoms with E-state index in [-0.39, 0.29) is 17.0 Å². The van der Waals surface area contributed by atoms with E-state index >= 15 is 0 Å². The third-order valence-corrected chi connectivity index (χ3v) is 5.43. The summed E-state index contributed by atoms with van der Waals surface area (Å²) in [6, 6.07) is 12.5. The zero-order chi connectivity index (χ0) is 28.3. The Hall–Kier alpha value is -5.20. The Bertz CT molecular complexity index is 1500. The van der Waals surface area contributed by atoms with Crippen molar-refractivity contribution in [3.63, 3.8) is 0 Å². The van der Waals surface area contributed by atoms with Gasteiger partial charge in [0.1, 0.15) is 17.1 Å². The van der Waals surface area contributed by atoms with E-state index in [1.54, 1.807) is 19.1 Å². The molecule has 0 unspecified atom stereocenters. The number of barbiturate groups is 1. The van der Waals surface area contributed by atoms with Crippen molar-refractivity contribution >= 4 is 35.3 Å². The molecular weight excluding hydrogens is 523 g/mol. The van der Waals surface area contributed by atoms with E-state index in [1.165, 1.54) is 36.4 Å². The van der Waals surface area contributed by atoms with Gasteiger partial charge in [-0.25, -0.2) is 9.69 Å². The molecule has 3 aromatic carbocycles. The highest BCUT2D eigenvalue weighted by Gasteiger charge is 2.37. The standard InChI is InChI=1S/C26H18F3N3O7/c1-2-38-18-10-8-17(9-11-18)31-24(34)19(23(33)30-25(31)35)13-15-5-3-4-6-21(15)39-22-12-7-16(26(27,28)29)14-20(22)32(36)37/h3-14H,2H2,1H3,(H,30,33,35)/b19-13+. The molecule has 1 fully saturated rings. The molecule has 3 aromatic rings. The maximum Gasteiger partial charge on any atom is 0.416 e. The number of rotatable bonds is 7. The van der Waals surface area contributed by atoms with Gasteiger partial charge in [0, 0.05) is 11.6 Å². The fourth-order valence-corrected chi connectivity index (χ4v) is 3.64. The first-order valence-electron chi connectivity index (χ1n) is 11.3. The van der Waals surface area contributed by atoms with Crippen molar-refractivity contribution in [1.82, 2.24) is 5.32 Å². The Balaban J connectivity index is 1.70. The monoisotopic (exact) mass is 541 g/mol. The number of para-hydroxylation sites is 1. The van der Waals surface area contributed by atoms with Crippen LogP contribution in [0.25, 0.3) is 6.08 Å². The fourth-order valence-electron chi connectivity index (χ4n) is 3.64. The van der Waals surface area contributed by atoms with Crippen molar-refractivity contribution in [2.75, 3.05) is 11.5 Å². The quantitative estimate of drug-likeness (QED) is 0.182. The van der Waals surface area contributed by atoms with Crippen molar-refractivity contribution in [3.05, 3.63) is 93.5 Å². The number of carbonyl (C=O) groups is 3. The number of urea groups is 1. The number of alkyl halides is 3. The minimum atomic E-state index is -4.81. The van der Waals surface area contributed by atoms with Gasteiger partial charge in [0.25, 0.3) is 11.8 Å². The van der Waals surface area contributed by atoms with Crippen molar-refractivity contribution in [2.24, 2.45) is 0 Å². The molecule has 0 aromatic heterocycles. The second-order valence-corrected chi connectivity index (χ2v) is 7.96. The maximum atomic E-state index is 13.2. The molecule has 1 aliphatic heterocycles. The van der Waals surface area contributed by atoms with E-state index in [1.807, 2.05) is 0 Å². The highest BCUT2D eigenvalue weighted by Crippen LogP contribution is 2.39. The first-order valence-corrected chi connectivity index (χ1v) is 11.3. The molecule has 13 heteroatoms. The van der Waals surface area contributed by atoms with Crippen LogP contribution in [0.4, 0.5) is 29.3 Å². The summed E-state index contributed by atoms with van der Waals surface area (Å²) in [5, 5.41) is 13.5. The number of hydrogen-bond acceptors (Lipinski definition) is 7. The van der Waals surface area contributed by atoms with Gasteiger partial charge in [0.15, 0.2) is 0 Å². The van der Waals surface area contributed by atoms with Crippen LogP contribution in [0.5, 0.6) is 17.2 Å². The second-order valence-electron chi connectivity index (χ2n) is 7.96. The number of nitro benzene ring substituents is 1. The fraction of sp³-hybridized carbons (Fsp3) is 0.115. The van der Waals surface area contributed by atoms with Gasteiger partial charge in [-0.3, -0.25) is 25.0 Å². The van der Waals surface area contributed by atoms with Gasteiger partial charge >= 0.3 is 17.9 Å². The van der Waals surface area contributed by atoms with E-state index < -0.39 is 51.5 Å². The van der Waals surface area contributed by atoms with Gasteiger partial charge in [-0.1, -0.05) is 18.2 Å². The molecular formula is C26H18F3N3O7. The molecule has 0 saturated carbocycles. The Labute approximate surface area is 218 Å². The molecule has 0 bridgehead atoms. The summed E-state index contributed by atoms with van der Waals surface area (Å²) in [6.45, 7) is 2.19. The number of nitrogens with one attached hydrogen (secondary N) is 1. The zero-order valence-corrected chi connectivity index (χ0v) is 20.0. The van der Waals surface area contributed by atoms with Crippen LogP contribution in [0.2, 0.25) is 0 Å². The highest BCUT2D eigenvalue weighted by atomic mass is 19.4. The molecule has 1 N–H and O–H groups in total. The number of amides is 4. The predicted octanol–water partition coefficient (Wildman–Crippen LogP) is 5.47. The summed E-state index contributed by atoms with van der Waals surface area (Å²) >= 11 is 0. The van der Waals surface area contributed by atoms with Crippen molar-refractivity contribution < 1.29 is 42.0 Å². The largest absolute Gasteiger partial charge is 0.494 e. The van der Waals surface area contributed by atoms with Crippen molar-refractivity contribution in [1.29, 1.82) is 0 Å². The van der Waals surface area contributed by atoms with Crippen LogP contribution in [-0.4, -0.2) is 29.4 Å². The highest BCUT2D eigenvalue weighted by molar-refractivity contribution is 6.39. The number of nitrogens with zero attached hydrogens (tertiary/aromatic N) is 2. The molecule has 0 aliphatic carbocycles. The third kappa shape index (κ3) is 5.71. The summed E-state index contributed by atoms with van der Waals surface area (Å²) in [7, 11) is 0. The molecule has 1 aliphatic rings. The summed E-state index contributed by atoms with van der Waals surface area (Å²) in [5.74, 6) is -2.05. The average molecular weight is 541 g/mol. The molecule has 0 atom stereocenters. The molecule has 4 rings (SSSR count). The number of imide groups is 2. The van der Waals surface area contributed by atoms with Crippen LogP contribution in [0.15, 0.2) is 72.3 Å². The Morgan fingerprint density at radius 2 is 1.69 bits per heavy atom. The van der Waals surface area contributed by atoms with Gasteiger partial charge in [0.2, 0.25) is 5.75 Å². The number of anilines is 1. The molecule has 1 heterocycles. The van der Waals surface area contributed by atoms with Gasteiger partial charge in [-0.15, -0.1) is 0 Å². The van der Waals surface area contributed by atoms with Crippen LogP contribution in [0.3, 0.4) is 0 Å². The topological polar surface area (TPSA) is 128 Å². The SMILES string of the molecule is CCOc1ccc(N2C(=O)NC(=O)/C(=C\c3ccccc3Oc3ccc(C(F)(F)F)cc3[N+](=O)[O-])C2=O)cc1. The summed E-state index contributed by atoms with van der Waals surface area (Å²) in [5.41, 5.74) is -2.39. The lowest BCUT2D eigenvalue weighted by molar-refractivity contribution is -0.385. The predicted molar refractivity (Wildman–Crippen MR) is 131 cm³/mol. The summed E-state index contributed by atoms with van der Waals surface area (Å²) in [6.07, 6.45) is -3.70. The van der Waals surface area contributed by atoms with Crippen molar-refractivity contribution in [3.8, 4) is 17.2 Å². The van der Waals surface area contributed by atoms with E-state index in [9.17, 15) is 37.7 Å². The molecule has 0 radical (unpaired) electrons. The van der Waals surface area contributed by atoms with Crippen LogP contribution in [0, 0.1) is 10.1 Å². The summed E-state index contributed by atoms with van der Waals surface area (Å²) in [4.78, 5) is 49.4. The molecule has 4 amide bonds. The Kier molecular flexibility index (Phi) is 7.33. The zero-order valence-electron chi connectivity index (χ0n) is 20.0. The lowest BCUT2D eigenvalue weighted by Gasteiger charge is -2.26. The Morgan fingerprint density at radius 1 is 1.00 bits per heavy atom. The summed E-state index contributed by atoms with van der Waals surface area (Å²) < 4.78 is 50.1. The van der Waals surface area contributed by atoms with Gasteiger partial charge < -0.3 is 9.47 Å². The number of benzene rings is 3. The first kappa shape index (κ1) is 26.9. The number of ether oxygens (including phenoxy) is 2. The molecule has 10 nitrogen and oxygen atoms in total. The number of carbonyl (C=O) groups excluding carboxylic acids is 3. The lowest BCUT2D eigenvalue weighted by Crippen LogP contribution is -2.54. The van der Waals surface area contributed by atoms with E-state index in [0.29, 0.717) is 24.5 Å². The van der Waals surface area contributed by atoms with E-state index in [0.717, 1.165) is 17.0 Å². The smallest absolute Gasteiger partial charge is 0.416 e. The van der Waals surface area contributed by atoms with E-state index in [4.69, 9.17) is 9.47 Å². The van der Waals surface area contributed by atoms with Crippen molar-refractivity contribution in [2.45, 2.75) is 13.1 Å². The lowest BCUT2D eigenvalue weighted by atomic mass is 10.1. The number of nitro groups is 1. The second kappa shape index (κ2) is 10.7. The van der Waals surface area contributed by atoms with Crippen LogP contribution >= 0.6 is 0 Å². The molecule has 39 heavy (non-hydrogen) atoms. The minimum absolute atomic E-state index is 0.0891. The van der Waals surface area contributed by atoms with Crippen LogP contribution in [-0.2, 0) is 15.8 Å². The third-order valence-electron chi connectivity index (χ3n) is 5.43. The Morgan fingerprint density at radius 3 is 2.33 bits per heavy atom. The first-order chi connectivity index (χ1) is 18.5.